The second-order valence-corrected chi connectivity index (χ2v) is 10.6. The van der Waals surface area contributed by atoms with Crippen LogP contribution in [0.3, 0.4) is 0 Å². The van der Waals surface area contributed by atoms with Gasteiger partial charge in [-0.1, -0.05) is 6.07 Å². The molecular formula is C12H15N3S2. The fourth-order valence-corrected chi connectivity index (χ4v) is 3.86. The maximum Gasteiger partial charge on any atom is 0.170 e. The minimum absolute atomic E-state index is 0.477. The molecule has 17 heavy (non-hydrogen) atoms. The fraction of sp³-hybridized carbons (Fsp3) is 0.333. The monoisotopic (exact) mass is 265 g/mol. The highest BCUT2D eigenvalue weighted by Crippen LogP contribution is 2.42. The van der Waals surface area contributed by atoms with Crippen LogP contribution in [0.1, 0.15) is 5.69 Å². The Balaban J connectivity index is 2.36. The molecule has 2 rings (SSSR count). The SMILES string of the molecule is CS(C)(C)CSc1cccc2c(C#N)n[nH]c12. The average molecular weight is 265 g/mol. The molecule has 0 atom stereocenters. The Labute approximate surface area is 107 Å². The molecular weight excluding hydrogens is 250 g/mol. The van der Waals surface area contributed by atoms with E-state index in [1.807, 2.05) is 23.9 Å². The molecule has 90 valence electrons. The predicted molar refractivity (Wildman–Crippen MR) is 76.9 cm³/mol. The number of aromatic nitrogens is 2. The second-order valence-electron chi connectivity index (χ2n) is 4.72. The van der Waals surface area contributed by atoms with Crippen molar-refractivity contribution in [2.45, 2.75) is 4.90 Å². The molecule has 0 saturated heterocycles. The molecule has 3 nitrogen and oxygen atoms in total. The highest BCUT2D eigenvalue weighted by Gasteiger charge is 2.11. The Kier molecular flexibility index (Phi) is 3.36. The number of nitriles is 1. The minimum Gasteiger partial charge on any atom is -0.275 e. The summed E-state index contributed by atoms with van der Waals surface area (Å²) in [4.78, 5) is 1.18. The number of nitrogens with zero attached hydrogens (tertiary/aromatic N) is 2. The third-order valence-electron chi connectivity index (χ3n) is 2.23. The number of fused-ring (bicyclic) bond motifs is 1. The lowest BCUT2D eigenvalue weighted by molar-refractivity contribution is 1.09. The summed E-state index contributed by atoms with van der Waals surface area (Å²) in [5.41, 5.74) is 1.46. The molecule has 0 amide bonds. The van der Waals surface area contributed by atoms with E-state index in [4.69, 9.17) is 5.26 Å². The standard InChI is InChI=1S/C12H15N3S2/c1-17(2,3)8-16-11-6-4-5-9-10(7-13)14-15-12(9)11/h4-6H,8H2,1-3H3,(H,14,15). The van der Waals surface area contributed by atoms with Crippen molar-refractivity contribution in [2.75, 3.05) is 23.9 Å². The van der Waals surface area contributed by atoms with Crippen molar-refractivity contribution in [3.05, 3.63) is 23.9 Å². The first-order chi connectivity index (χ1) is 8.01. The van der Waals surface area contributed by atoms with Crippen LogP contribution < -0.4 is 0 Å². The predicted octanol–water partition coefficient (Wildman–Crippen LogP) is 3.18. The molecule has 0 fully saturated rings. The summed E-state index contributed by atoms with van der Waals surface area (Å²) in [5.74, 6) is 0. The van der Waals surface area contributed by atoms with Crippen molar-refractivity contribution in [3.8, 4) is 6.07 Å². The van der Waals surface area contributed by atoms with Crippen LogP contribution in [0.2, 0.25) is 0 Å². The van der Waals surface area contributed by atoms with E-state index in [-0.39, 0.29) is 0 Å². The van der Waals surface area contributed by atoms with Crippen LogP contribution in [0.15, 0.2) is 23.1 Å². The van der Waals surface area contributed by atoms with Crippen molar-refractivity contribution < 1.29 is 0 Å². The maximum atomic E-state index is 8.94. The summed E-state index contributed by atoms with van der Waals surface area (Å²) in [6.07, 6.45) is 6.90. The molecule has 5 heteroatoms. The van der Waals surface area contributed by atoms with E-state index in [9.17, 15) is 0 Å². The number of H-pyrrole nitrogens is 1. The third kappa shape index (κ3) is 2.76. The lowest BCUT2D eigenvalue weighted by atomic mass is 10.2. The summed E-state index contributed by atoms with van der Waals surface area (Å²) in [7, 11) is -0.526. The summed E-state index contributed by atoms with van der Waals surface area (Å²) in [6, 6.07) is 8.11. The first-order valence-electron chi connectivity index (χ1n) is 5.17. The lowest BCUT2D eigenvalue weighted by Gasteiger charge is -2.24. The number of rotatable bonds is 3. The molecule has 2 aromatic rings. The topological polar surface area (TPSA) is 52.5 Å². The molecule has 1 aromatic carbocycles. The Morgan fingerprint density at radius 2 is 2.18 bits per heavy atom. The highest BCUT2D eigenvalue weighted by molar-refractivity contribution is 8.38. The van der Waals surface area contributed by atoms with Crippen molar-refractivity contribution in [3.63, 3.8) is 0 Å². The van der Waals surface area contributed by atoms with Gasteiger partial charge in [0.2, 0.25) is 0 Å². The number of para-hydroxylation sites is 1. The first-order valence-corrected chi connectivity index (χ1v) is 9.18. The Bertz CT molecular complexity index is 575. The van der Waals surface area contributed by atoms with Gasteiger partial charge in [0.05, 0.1) is 5.52 Å². The van der Waals surface area contributed by atoms with Crippen LogP contribution in [-0.4, -0.2) is 34.0 Å². The number of hydrogen-bond acceptors (Lipinski definition) is 3. The van der Waals surface area contributed by atoms with Crippen LogP contribution in [-0.2, 0) is 0 Å². The lowest BCUT2D eigenvalue weighted by Crippen LogP contribution is -1.94. The van der Waals surface area contributed by atoms with E-state index < -0.39 is 10.0 Å². The van der Waals surface area contributed by atoms with E-state index in [2.05, 4.69) is 41.1 Å². The van der Waals surface area contributed by atoms with Gasteiger partial charge in [0.15, 0.2) is 5.69 Å². The largest absolute Gasteiger partial charge is 0.275 e. The normalized spacial score (nSPS) is 12.6. The van der Waals surface area contributed by atoms with E-state index in [1.54, 1.807) is 0 Å². The van der Waals surface area contributed by atoms with Crippen LogP contribution in [0.25, 0.3) is 10.9 Å². The Morgan fingerprint density at radius 1 is 1.41 bits per heavy atom. The van der Waals surface area contributed by atoms with Gasteiger partial charge in [-0.25, -0.2) is 10.0 Å². The summed E-state index contributed by atoms with van der Waals surface area (Å²) in [5, 5.41) is 18.0. The zero-order chi connectivity index (χ0) is 12.5. The Morgan fingerprint density at radius 3 is 2.82 bits per heavy atom. The number of aromatic amines is 1. The quantitative estimate of drug-likeness (QED) is 0.867. The summed E-state index contributed by atoms with van der Waals surface area (Å²) < 4.78 is 0. The molecule has 0 aliphatic heterocycles. The van der Waals surface area contributed by atoms with Crippen molar-refractivity contribution in [1.82, 2.24) is 10.2 Å². The van der Waals surface area contributed by atoms with Crippen LogP contribution in [0.4, 0.5) is 0 Å². The van der Waals surface area contributed by atoms with Gasteiger partial charge in [-0.15, -0.1) is 11.8 Å². The second kappa shape index (κ2) is 4.63. The van der Waals surface area contributed by atoms with Gasteiger partial charge in [-0.3, -0.25) is 5.10 Å². The van der Waals surface area contributed by atoms with Gasteiger partial charge in [0.25, 0.3) is 0 Å². The van der Waals surface area contributed by atoms with Crippen LogP contribution in [0, 0.1) is 11.3 Å². The van der Waals surface area contributed by atoms with Gasteiger partial charge >= 0.3 is 0 Å². The summed E-state index contributed by atoms with van der Waals surface area (Å²) >= 11 is 1.84. The van der Waals surface area contributed by atoms with Crippen molar-refractivity contribution >= 4 is 32.7 Å². The van der Waals surface area contributed by atoms with Gasteiger partial charge in [0.1, 0.15) is 6.07 Å². The smallest absolute Gasteiger partial charge is 0.170 e. The molecule has 0 spiro atoms. The highest BCUT2D eigenvalue weighted by atomic mass is 32.3. The molecule has 0 aliphatic rings. The zero-order valence-electron chi connectivity index (χ0n) is 10.2. The van der Waals surface area contributed by atoms with Gasteiger partial charge < -0.3 is 0 Å². The maximum absolute atomic E-state index is 8.94. The van der Waals surface area contributed by atoms with Crippen molar-refractivity contribution in [1.29, 1.82) is 5.26 Å². The fourth-order valence-electron chi connectivity index (χ4n) is 1.46. The average Bonchev–Trinajstić information content (AvgIpc) is 2.68. The number of hydrogen-bond donors (Lipinski definition) is 1. The molecule has 0 bridgehead atoms. The van der Waals surface area contributed by atoms with E-state index in [1.165, 1.54) is 4.90 Å². The molecule has 0 saturated carbocycles. The molecule has 0 aliphatic carbocycles. The molecule has 1 heterocycles. The van der Waals surface area contributed by atoms with E-state index in [0.717, 1.165) is 16.0 Å². The van der Waals surface area contributed by atoms with Crippen LogP contribution in [0.5, 0.6) is 0 Å². The molecule has 1 N–H and O–H groups in total. The summed E-state index contributed by atoms with van der Waals surface area (Å²) in [6.45, 7) is 0. The van der Waals surface area contributed by atoms with Gasteiger partial charge in [0, 0.05) is 15.4 Å². The number of nitrogens with one attached hydrogen (secondary N) is 1. The van der Waals surface area contributed by atoms with Gasteiger partial charge in [-0.05, 0) is 30.9 Å². The first kappa shape index (κ1) is 12.3. The van der Waals surface area contributed by atoms with Gasteiger partial charge in [-0.2, -0.15) is 10.4 Å². The Hall–Kier alpha value is -1.12. The molecule has 1 aromatic heterocycles. The third-order valence-corrected chi connectivity index (χ3v) is 6.19. The molecule has 0 radical (unpaired) electrons. The number of thioether (sulfide) groups is 1. The zero-order valence-corrected chi connectivity index (χ0v) is 11.8. The van der Waals surface area contributed by atoms with E-state index >= 15 is 0 Å². The van der Waals surface area contributed by atoms with E-state index in [0.29, 0.717) is 5.69 Å². The molecule has 0 unspecified atom stereocenters. The minimum atomic E-state index is -0.526. The van der Waals surface area contributed by atoms with Crippen molar-refractivity contribution in [2.24, 2.45) is 0 Å². The van der Waals surface area contributed by atoms with Crippen LogP contribution >= 0.6 is 21.8 Å². The number of benzene rings is 1.